The Kier molecular flexibility index (Phi) is 2.68. The third-order valence-electron chi connectivity index (χ3n) is 1.17. The molecule has 0 bridgehead atoms. The van der Waals surface area contributed by atoms with Crippen molar-refractivity contribution in [3.63, 3.8) is 0 Å². The van der Waals surface area contributed by atoms with Crippen LogP contribution in [0.25, 0.3) is 0 Å². The van der Waals surface area contributed by atoms with Gasteiger partial charge in [-0.25, -0.2) is 0 Å². The zero-order chi connectivity index (χ0) is 8.10. The van der Waals surface area contributed by atoms with Gasteiger partial charge in [-0.3, -0.25) is 4.79 Å². The lowest BCUT2D eigenvalue weighted by molar-refractivity contribution is -0.130. The number of ether oxygens (including phenoxy) is 1. The molecular weight excluding hydrogens is 148 g/mol. The zero-order valence-corrected chi connectivity index (χ0v) is 5.82. The van der Waals surface area contributed by atoms with E-state index in [2.05, 4.69) is 4.74 Å². The van der Waals surface area contributed by atoms with Gasteiger partial charge in [0.2, 0.25) is 0 Å². The van der Waals surface area contributed by atoms with Gasteiger partial charge in [0.05, 0.1) is 0 Å². The Morgan fingerprint density at radius 3 is 2.82 bits per heavy atom. The van der Waals surface area contributed by atoms with Crippen molar-refractivity contribution < 1.29 is 19.1 Å². The highest BCUT2D eigenvalue weighted by Crippen LogP contribution is 2.07. The number of rotatable bonds is 4. The van der Waals surface area contributed by atoms with Gasteiger partial charge in [-0.1, -0.05) is 0 Å². The van der Waals surface area contributed by atoms with Crippen LogP contribution in [0.4, 0.5) is 0 Å². The Hall–Kier alpha value is -1.29. The van der Waals surface area contributed by atoms with E-state index in [1.807, 2.05) is 0 Å². The number of furan rings is 1. The van der Waals surface area contributed by atoms with Crippen molar-refractivity contribution in [3.8, 4) is 0 Å². The van der Waals surface area contributed by atoms with Crippen LogP contribution < -0.4 is 0 Å². The molecule has 1 heterocycles. The summed E-state index contributed by atoms with van der Waals surface area (Å²) in [7, 11) is 0. The van der Waals surface area contributed by atoms with Crippen LogP contribution in [0.5, 0.6) is 0 Å². The highest BCUT2D eigenvalue weighted by Gasteiger charge is 1.99. The quantitative estimate of drug-likeness (QED) is 0.643. The van der Waals surface area contributed by atoms with Crippen LogP contribution in [0.15, 0.2) is 16.5 Å². The molecule has 1 N–H and O–H groups in total. The van der Waals surface area contributed by atoms with Gasteiger partial charge in [-0.15, -0.1) is 0 Å². The molecule has 1 aromatic heterocycles. The minimum Gasteiger partial charge on any atom is -0.460 e. The van der Waals surface area contributed by atoms with Crippen molar-refractivity contribution in [2.75, 3.05) is 0 Å². The highest BCUT2D eigenvalue weighted by atomic mass is 16.5. The SMILES string of the molecule is O=COCc1ccc(CO)o1. The van der Waals surface area contributed by atoms with Crippen LogP contribution in [-0.2, 0) is 22.7 Å². The van der Waals surface area contributed by atoms with Crippen LogP contribution in [0.2, 0.25) is 0 Å². The maximum absolute atomic E-state index is 9.74. The first-order chi connectivity index (χ1) is 5.36. The number of hydrogen-bond donors (Lipinski definition) is 1. The number of carbonyl (C=O) groups is 1. The first-order valence-corrected chi connectivity index (χ1v) is 3.10. The molecule has 4 nitrogen and oxygen atoms in total. The number of carbonyl (C=O) groups excluding carboxylic acids is 1. The first-order valence-electron chi connectivity index (χ1n) is 3.10. The highest BCUT2D eigenvalue weighted by molar-refractivity contribution is 5.37. The van der Waals surface area contributed by atoms with E-state index < -0.39 is 0 Å². The molecule has 0 saturated carbocycles. The monoisotopic (exact) mass is 156 g/mol. The molecule has 0 fully saturated rings. The maximum atomic E-state index is 9.74. The average Bonchev–Trinajstić information content (AvgIpc) is 2.48. The number of aliphatic hydroxyl groups excluding tert-OH is 1. The fraction of sp³-hybridized carbons (Fsp3) is 0.286. The molecule has 0 unspecified atom stereocenters. The van der Waals surface area contributed by atoms with Gasteiger partial charge in [0.1, 0.15) is 24.7 Å². The van der Waals surface area contributed by atoms with Crippen LogP contribution >= 0.6 is 0 Å². The second-order valence-corrected chi connectivity index (χ2v) is 1.93. The minimum atomic E-state index is -0.138. The maximum Gasteiger partial charge on any atom is 0.293 e. The normalized spacial score (nSPS) is 9.55. The van der Waals surface area contributed by atoms with E-state index in [9.17, 15) is 4.79 Å². The second kappa shape index (κ2) is 3.78. The van der Waals surface area contributed by atoms with E-state index in [4.69, 9.17) is 9.52 Å². The van der Waals surface area contributed by atoms with Crippen molar-refractivity contribution in [2.24, 2.45) is 0 Å². The van der Waals surface area contributed by atoms with Gasteiger partial charge >= 0.3 is 0 Å². The third kappa shape index (κ3) is 2.09. The van der Waals surface area contributed by atoms with Crippen molar-refractivity contribution in [1.82, 2.24) is 0 Å². The summed E-state index contributed by atoms with van der Waals surface area (Å²) in [6.07, 6.45) is 0. The molecule has 11 heavy (non-hydrogen) atoms. The summed E-state index contributed by atoms with van der Waals surface area (Å²) < 4.78 is 9.42. The average molecular weight is 156 g/mol. The topological polar surface area (TPSA) is 59.7 Å². The van der Waals surface area contributed by atoms with E-state index in [0.717, 1.165) is 0 Å². The van der Waals surface area contributed by atoms with Gasteiger partial charge in [-0.05, 0) is 12.1 Å². The molecule has 0 amide bonds. The standard InChI is InChI=1S/C7H8O4/c8-3-6-1-2-7(11-6)4-10-5-9/h1-2,5,8H,3-4H2. The molecule has 0 aliphatic carbocycles. The molecule has 60 valence electrons. The molecule has 4 heteroatoms. The fourth-order valence-electron chi connectivity index (χ4n) is 0.701. The first kappa shape index (κ1) is 7.81. The Morgan fingerprint density at radius 1 is 1.55 bits per heavy atom. The molecule has 0 radical (unpaired) electrons. The van der Waals surface area contributed by atoms with Crippen LogP contribution in [-0.4, -0.2) is 11.6 Å². The minimum absolute atomic E-state index is 0.115. The van der Waals surface area contributed by atoms with Crippen LogP contribution in [0.1, 0.15) is 11.5 Å². The zero-order valence-electron chi connectivity index (χ0n) is 5.82. The second-order valence-electron chi connectivity index (χ2n) is 1.93. The molecule has 0 spiro atoms. The van der Waals surface area contributed by atoms with Crippen molar-refractivity contribution >= 4 is 6.47 Å². The molecule has 0 saturated heterocycles. The molecule has 0 aromatic carbocycles. The summed E-state index contributed by atoms with van der Waals surface area (Å²) in [4.78, 5) is 9.74. The predicted octanol–water partition coefficient (Wildman–Crippen LogP) is 0.445. The Balaban J connectivity index is 2.50. The van der Waals surface area contributed by atoms with E-state index >= 15 is 0 Å². The summed E-state index contributed by atoms with van der Waals surface area (Å²) in [5.74, 6) is 0.996. The number of hydrogen-bond acceptors (Lipinski definition) is 4. The lowest BCUT2D eigenvalue weighted by Gasteiger charge is -1.92. The van der Waals surface area contributed by atoms with Crippen LogP contribution in [0, 0.1) is 0 Å². The van der Waals surface area contributed by atoms with Crippen LogP contribution in [0.3, 0.4) is 0 Å². The van der Waals surface area contributed by atoms with E-state index in [1.54, 1.807) is 12.1 Å². The van der Waals surface area contributed by atoms with Crippen molar-refractivity contribution in [2.45, 2.75) is 13.2 Å². The predicted molar refractivity (Wildman–Crippen MR) is 35.5 cm³/mol. The van der Waals surface area contributed by atoms with Gasteiger partial charge in [0.15, 0.2) is 0 Å². The summed E-state index contributed by atoms with van der Waals surface area (Å²) in [5, 5.41) is 8.57. The number of aliphatic hydroxyl groups is 1. The Bertz CT molecular complexity index is 228. The largest absolute Gasteiger partial charge is 0.460 e. The Labute approximate surface area is 63.4 Å². The fourth-order valence-corrected chi connectivity index (χ4v) is 0.701. The molecule has 1 aromatic rings. The summed E-state index contributed by atoms with van der Waals surface area (Å²) in [6, 6.07) is 3.28. The summed E-state index contributed by atoms with van der Waals surface area (Å²) in [6.45, 7) is 0.325. The smallest absolute Gasteiger partial charge is 0.293 e. The third-order valence-corrected chi connectivity index (χ3v) is 1.17. The van der Waals surface area contributed by atoms with Crippen molar-refractivity contribution in [3.05, 3.63) is 23.7 Å². The van der Waals surface area contributed by atoms with Gasteiger partial charge < -0.3 is 14.3 Å². The van der Waals surface area contributed by atoms with E-state index in [0.29, 0.717) is 18.0 Å². The molecule has 0 aliphatic rings. The van der Waals surface area contributed by atoms with E-state index in [-0.39, 0.29) is 13.2 Å². The molecule has 0 aliphatic heterocycles. The molecule has 1 rings (SSSR count). The molecule has 0 atom stereocenters. The van der Waals surface area contributed by atoms with Gasteiger partial charge in [0.25, 0.3) is 6.47 Å². The lowest BCUT2D eigenvalue weighted by Crippen LogP contribution is -1.86. The van der Waals surface area contributed by atoms with E-state index in [1.165, 1.54) is 0 Å². The molecular formula is C7H8O4. The van der Waals surface area contributed by atoms with Crippen molar-refractivity contribution in [1.29, 1.82) is 0 Å². The lowest BCUT2D eigenvalue weighted by atomic mass is 10.4. The van der Waals surface area contributed by atoms with Gasteiger partial charge in [-0.2, -0.15) is 0 Å². The summed E-state index contributed by atoms with van der Waals surface area (Å²) in [5.41, 5.74) is 0. The van der Waals surface area contributed by atoms with Gasteiger partial charge in [0, 0.05) is 0 Å². The Morgan fingerprint density at radius 2 is 2.27 bits per heavy atom. The summed E-state index contributed by atoms with van der Waals surface area (Å²) >= 11 is 0.